The monoisotopic (exact) mass is 409 g/mol. The van der Waals surface area contributed by atoms with Crippen molar-refractivity contribution in [2.45, 2.75) is 33.1 Å². The lowest BCUT2D eigenvalue weighted by Crippen LogP contribution is -2.40. The predicted octanol–water partition coefficient (Wildman–Crippen LogP) is 5.11. The SMILES string of the molecule is CCOc1ccc2nc(N3CCCC(C(=O)Nc4ccccc4CC)C3)sc2c1. The van der Waals surface area contributed by atoms with Crippen molar-refractivity contribution in [3.63, 3.8) is 0 Å². The van der Waals surface area contributed by atoms with Crippen molar-refractivity contribution < 1.29 is 9.53 Å². The number of anilines is 2. The standard InChI is InChI=1S/C23H27N3O2S/c1-3-16-8-5-6-10-19(16)24-22(27)17-9-7-13-26(15-17)23-25-20-12-11-18(28-4-2)14-21(20)29-23/h5-6,8,10-12,14,17H,3-4,7,9,13,15H2,1-2H3,(H,24,27). The summed E-state index contributed by atoms with van der Waals surface area (Å²) in [7, 11) is 0. The molecule has 4 rings (SSSR count). The number of carbonyl (C=O) groups excluding carboxylic acids is 1. The summed E-state index contributed by atoms with van der Waals surface area (Å²) < 4.78 is 6.72. The highest BCUT2D eigenvalue weighted by Crippen LogP contribution is 2.34. The molecular weight excluding hydrogens is 382 g/mol. The number of rotatable bonds is 6. The number of para-hydroxylation sites is 1. The van der Waals surface area contributed by atoms with Crippen LogP contribution in [0.1, 0.15) is 32.3 Å². The topological polar surface area (TPSA) is 54.5 Å². The molecule has 1 amide bonds. The van der Waals surface area contributed by atoms with Crippen LogP contribution >= 0.6 is 11.3 Å². The van der Waals surface area contributed by atoms with Gasteiger partial charge in [0.1, 0.15) is 5.75 Å². The number of hydrogen-bond acceptors (Lipinski definition) is 5. The van der Waals surface area contributed by atoms with E-state index in [1.54, 1.807) is 11.3 Å². The van der Waals surface area contributed by atoms with Crippen molar-refractivity contribution >= 4 is 38.3 Å². The Bertz CT molecular complexity index is 1000. The van der Waals surface area contributed by atoms with E-state index in [0.29, 0.717) is 13.2 Å². The number of piperidine rings is 1. The summed E-state index contributed by atoms with van der Waals surface area (Å²) in [5.74, 6) is 0.954. The lowest BCUT2D eigenvalue weighted by Gasteiger charge is -2.31. The van der Waals surface area contributed by atoms with Crippen molar-refractivity contribution in [2.24, 2.45) is 5.92 Å². The molecule has 29 heavy (non-hydrogen) atoms. The van der Waals surface area contributed by atoms with Crippen LogP contribution in [0.3, 0.4) is 0 Å². The molecule has 0 saturated carbocycles. The summed E-state index contributed by atoms with van der Waals surface area (Å²) in [6, 6.07) is 14.1. The third-order valence-electron chi connectivity index (χ3n) is 5.38. The maximum atomic E-state index is 12.9. The first-order chi connectivity index (χ1) is 14.2. The largest absolute Gasteiger partial charge is 0.494 e. The van der Waals surface area contributed by atoms with Crippen LogP contribution in [0.5, 0.6) is 5.75 Å². The Kier molecular flexibility index (Phi) is 6.00. The number of nitrogens with one attached hydrogen (secondary N) is 1. The van der Waals surface area contributed by atoms with Crippen LogP contribution in [-0.2, 0) is 11.2 Å². The zero-order valence-corrected chi connectivity index (χ0v) is 17.8. The molecule has 1 aliphatic heterocycles. The number of nitrogens with zero attached hydrogens (tertiary/aromatic N) is 2. The van der Waals surface area contributed by atoms with Crippen LogP contribution < -0.4 is 15.0 Å². The molecule has 1 aliphatic rings. The number of thiazole rings is 1. The molecular formula is C23H27N3O2S. The van der Waals surface area contributed by atoms with E-state index < -0.39 is 0 Å². The van der Waals surface area contributed by atoms with Gasteiger partial charge >= 0.3 is 0 Å². The molecule has 1 unspecified atom stereocenters. The smallest absolute Gasteiger partial charge is 0.229 e. The average molecular weight is 410 g/mol. The fourth-order valence-corrected chi connectivity index (χ4v) is 4.86. The van der Waals surface area contributed by atoms with E-state index in [-0.39, 0.29) is 11.8 Å². The van der Waals surface area contributed by atoms with E-state index in [2.05, 4.69) is 29.3 Å². The number of benzene rings is 2. The number of aromatic nitrogens is 1. The predicted molar refractivity (Wildman–Crippen MR) is 120 cm³/mol. The summed E-state index contributed by atoms with van der Waals surface area (Å²) in [6.45, 7) is 6.39. The van der Waals surface area contributed by atoms with Gasteiger partial charge in [-0.2, -0.15) is 0 Å². The molecule has 0 bridgehead atoms. The molecule has 1 fully saturated rings. The third-order valence-corrected chi connectivity index (χ3v) is 6.46. The van der Waals surface area contributed by atoms with E-state index in [9.17, 15) is 4.79 Å². The minimum Gasteiger partial charge on any atom is -0.494 e. The summed E-state index contributed by atoms with van der Waals surface area (Å²) >= 11 is 1.67. The molecule has 3 aromatic rings. The van der Waals surface area contributed by atoms with Gasteiger partial charge in [-0.25, -0.2) is 4.98 Å². The summed E-state index contributed by atoms with van der Waals surface area (Å²) in [6.07, 6.45) is 2.81. The Balaban J connectivity index is 1.47. The number of amides is 1. The van der Waals surface area contributed by atoms with Crippen LogP contribution in [0, 0.1) is 5.92 Å². The molecule has 0 spiro atoms. The Morgan fingerprint density at radius 3 is 2.97 bits per heavy atom. The zero-order chi connectivity index (χ0) is 20.2. The number of hydrogen-bond donors (Lipinski definition) is 1. The summed E-state index contributed by atoms with van der Waals surface area (Å²) in [5, 5.41) is 4.14. The molecule has 1 N–H and O–H groups in total. The molecule has 1 saturated heterocycles. The Morgan fingerprint density at radius 2 is 2.14 bits per heavy atom. The fourth-order valence-electron chi connectivity index (χ4n) is 3.83. The van der Waals surface area contributed by atoms with Crippen LogP contribution in [0.15, 0.2) is 42.5 Å². The minimum absolute atomic E-state index is 0.0281. The molecule has 5 nitrogen and oxygen atoms in total. The van der Waals surface area contributed by atoms with Gasteiger partial charge in [0.15, 0.2) is 5.13 Å². The lowest BCUT2D eigenvalue weighted by atomic mass is 9.97. The number of fused-ring (bicyclic) bond motifs is 1. The van der Waals surface area contributed by atoms with E-state index in [0.717, 1.165) is 52.6 Å². The van der Waals surface area contributed by atoms with Gasteiger partial charge in [-0.15, -0.1) is 0 Å². The van der Waals surface area contributed by atoms with Gasteiger partial charge in [-0.05, 0) is 56.0 Å². The lowest BCUT2D eigenvalue weighted by molar-refractivity contribution is -0.120. The van der Waals surface area contributed by atoms with E-state index in [1.165, 1.54) is 5.56 Å². The maximum absolute atomic E-state index is 12.9. The van der Waals surface area contributed by atoms with Crippen LogP contribution in [0.4, 0.5) is 10.8 Å². The Morgan fingerprint density at radius 1 is 1.28 bits per heavy atom. The first-order valence-electron chi connectivity index (χ1n) is 10.3. The zero-order valence-electron chi connectivity index (χ0n) is 17.0. The highest BCUT2D eigenvalue weighted by atomic mass is 32.1. The average Bonchev–Trinajstić information content (AvgIpc) is 3.18. The van der Waals surface area contributed by atoms with Gasteiger partial charge in [0.25, 0.3) is 0 Å². The van der Waals surface area contributed by atoms with Crippen molar-refractivity contribution in [2.75, 3.05) is 29.9 Å². The number of carbonyl (C=O) groups is 1. The van der Waals surface area contributed by atoms with Crippen molar-refractivity contribution in [1.29, 1.82) is 0 Å². The highest BCUT2D eigenvalue weighted by Gasteiger charge is 2.28. The Labute approximate surface area is 175 Å². The second-order valence-corrected chi connectivity index (χ2v) is 8.35. The normalized spacial score (nSPS) is 16.8. The van der Waals surface area contributed by atoms with Crippen molar-refractivity contribution in [1.82, 2.24) is 4.98 Å². The van der Waals surface area contributed by atoms with Gasteiger partial charge in [0, 0.05) is 18.8 Å². The molecule has 2 heterocycles. The van der Waals surface area contributed by atoms with E-state index >= 15 is 0 Å². The van der Waals surface area contributed by atoms with Crippen LogP contribution in [0.25, 0.3) is 10.2 Å². The van der Waals surface area contributed by atoms with Gasteiger partial charge in [0.2, 0.25) is 5.91 Å². The van der Waals surface area contributed by atoms with Gasteiger partial charge in [-0.1, -0.05) is 36.5 Å². The van der Waals surface area contributed by atoms with E-state index in [1.807, 2.05) is 37.3 Å². The molecule has 6 heteroatoms. The highest BCUT2D eigenvalue weighted by molar-refractivity contribution is 7.22. The Hall–Kier alpha value is -2.60. The molecule has 1 aromatic heterocycles. The maximum Gasteiger partial charge on any atom is 0.229 e. The first kappa shape index (κ1) is 19.7. The molecule has 0 aliphatic carbocycles. The minimum atomic E-state index is -0.0281. The third kappa shape index (κ3) is 4.37. The van der Waals surface area contributed by atoms with Gasteiger partial charge < -0.3 is 15.0 Å². The number of ether oxygens (including phenoxy) is 1. The van der Waals surface area contributed by atoms with Crippen LogP contribution in [0.2, 0.25) is 0 Å². The first-order valence-corrected chi connectivity index (χ1v) is 11.2. The van der Waals surface area contributed by atoms with Gasteiger partial charge in [-0.3, -0.25) is 4.79 Å². The fraction of sp³-hybridized carbons (Fsp3) is 0.391. The molecule has 152 valence electrons. The molecule has 1 atom stereocenters. The molecule has 0 radical (unpaired) electrons. The second kappa shape index (κ2) is 8.82. The van der Waals surface area contributed by atoms with Gasteiger partial charge in [0.05, 0.1) is 22.7 Å². The molecule has 2 aromatic carbocycles. The quantitative estimate of drug-likeness (QED) is 0.614. The second-order valence-electron chi connectivity index (χ2n) is 7.34. The van der Waals surface area contributed by atoms with Crippen LogP contribution in [-0.4, -0.2) is 30.6 Å². The van der Waals surface area contributed by atoms with Crippen molar-refractivity contribution in [3.05, 3.63) is 48.0 Å². The summed E-state index contributed by atoms with van der Waals surface area (Å²) in [5.41, 5.74) is 3.09. The number of aryl methyl sites for hydroxylation is 1. The summed E-state index contributed by atoms with van der Waals surface area (Å²) in [4.78, 5) is 20.0. The van der Waals surface area contributed by atoms with E-state index in [4.69, 9.17) is 9.72 Å². The van der Waals surface area contributed by atoms with Crippen molar-refractivity contribution in [3.8, 4) is 5.75 Å².